The van der Waals surface area contributed by atoms with Crippen LogP contribution in [0.1, 0.15) is 26.7 Å². The minimum Gasteiger partial charge on any atom is -0.397 e. The van der Waals surface area contributed by atoms with Gasteiger partial charge in [0.15, 0.2) is 5.82 Å². The standard InChI is InChI=1S/C12H19ClFN3/c1-3-5-6-17(4-2)12-9(16)7-8(15)10(13)11(12)14/h7H,3-6,15-16H2,1-2H3. The molecule has 0 fully saturated rings. The predicted octanol–water partition coefficient (Wildman–Crippen LogP) is 3.27. The van der Waals surface area contributed by atoms with Gasteiger partial charge < -0.3 is 16.4 Å². The lowest BCUT2D eigenvalue weighted by molar-refractivity contribution is 0.616. The quantitative estimate of drug-likeness (QED) is 0.798. The molecule has 1 rings (SSSR count). The molecule has 0 amide bonds. The molecule has 0 radical (unpaired) electrons. The van der Waals surface area contributed by atoms with Crippen molar-refractivity contribution in [3.8, 4) is 0 Å². The maximum absolute atomic E-state index is 14.1. The molecule has 1 aromatic carbocycles. The van der Waals surface area contributed by atoms with Gasteiger partial charge >= 0.3 is 0 Å². The van der Waals surface area contributed by atoms with Gasteiger partial charge in [-0.1, -0.05) is 24.9 Å². The average molecular weight is 260 g/mol. The summed E-state index contributed by atoms with van der Waals surface area (Å²) in [7, 11) is 0. The molecule has 0 spiro atoms. The van der Waals surface area contributed by atoms with E-state index in [4.69, 9.17) is 23.1 Å². The molecular weight excluding hydrogens is 241 g/mol. The molecule has 17 heavy (non-hydrogen) atoms. The van der Waals surface area contributed by atoms with Crippen LogP contribution in [0.5, 0.6) is 0 Å². The van der Waals surface area contributed by atoms with E-state index in [1.54, 1.807) is 0 Å². The molecule has 96 valence electrons. The normalized spacial score (nSPS) is 10.6. The minimum absolute atomic E-state index is 0.0517. The Morgan fingerprint density at radius 2 is 1.94 bits per heavy atom. The van der Waals surface area contributed by atoms with Crippen molar-refractivity contribution in [1.82, 2.24) is 0 Å². The molecule has 1 aromatic rings. The zero-order valence-electron chi connectivity index (χ0n) is 10.3. The van der Waals surface area contributed by atoms with Gasteiger partial charge in [-0.05, 0) is 19.4 Å². The van der Waals surface area contributed by atoms with Crippen molar-refractivity contribution in [1.29, 1.82) is 0 Å². The Hall–Kier alpha value is -1.16. The van der Waals surface area contributed by atoms with E-state index >= 15 is 0 Å². The van der Waals surface area contributed by atoms with Crippen molar-refractivity contribution in [2.24, 2.45) is 0 Å². The molecule has 0 aliphatic rings. The Morgan fingerprint density at radius 3 is 2.47 bits per heavy atom. The van der Waals surface area contributed by atoms with Crippen LogP contribution >= 0.6 is 11.6 Å². The number of anilines is 3. The van der Waals surface area contributed by atoms with Crippen molar-refractivity contribution in [2.75, 3.05) is 29.5 Å². The first kappa shape index (κ1) is 13.9. The number of hydrogen-bond acceptors (Lipinski definition) is 3. The third kappa shape index (κ3) is 2.94. The third-order valence-corrected chi connectivity index (χ3v) is 3.10. The summed E-state index contributed by atoms with van der Waals surface area (Å²) in [5, 5.41) is -0.0517. The molecule has 0 aromatic heterocycles. The molecule has 4 N–H and O–H groups in total. The van der Waals surface area contributed by atoms with Gasteiger partial charge in [-0.15, -0.1) is 0 Å². The van der Waals surface area contributed by atoms with Crippen molar-refractivity contribution in [3.05, 3.63) is 16.9 Å². The fraction of sp³-hybridized carbons (Fsp3) is 0.500. The van der Waals surface area contributed by atoms with Crippen LogP contribution in [0.15, 0.2) is 6.07 Å². The van der Waals surface area contributed by atoms with E-state index in [2.05, 4.69) is 6.92 Å². The first-order valence-electron chi connectivity index (χ1n) is 5.80. The summed E-state index contributed by atoms with van der Waals surface area (Å²) in [6.45, 7) is 5.48. The number of nitrogens with zero attached hydrogens (tertiary/aromatic N) is 1. The number of nitrogen functional groups attached to an aromatic ring is 2. The summed E-state index contributed by atoms with van der Waals surface area (Å²) < 4.78 is 14.1. The van der Waals surface area contributed by atoms with Gasteiger partial charge in [-0.2, -0.15) is 0 Å². The zero-order chi connectivity index (χ0) is 13.0. The summed E-state index contributed by atoms with van der Waals surface area (Å²) in [5.74, 6) is -0.526. The maximum atomic E-state index is 14.1. The zero-order valence-corrected chi connectivity index (χ0v) is 11.0. The Bertz CT molecular complexity index is 396. The van der Waals surface area contributed by atoms with E-state index in [0.717, 1.165) is 19.4 Å². The highest BCUT2D eigenvalue weighted by Gasteiger charge is 2.18. The molecule has 0 aliphatic heterocycles. The minimum atomic E-state index is -0.526. The predicted molar refractivity (Wildman–Crippen MR) is 73.0 cm³/mol. The molecule has 3 nitrogen and oxygen atoms in total. The lowest BCUT2D eigenvalue weighted by atomic mass is 10.2. The van der Waals surface area contributed by atoms with Crippen LogP contribution < -0.4 is 16.4 Å². The summed E-state index contributed by atoms with van der Waals surface area (Å²) in [5.41, 5.74) is 12.3. The van der Waals surface area contributed by atoms with Crippen LogP contribution in [0, 0.1) is 5.82 Å². The highest BCUT2D eigenvalue weighted by molar-refractivity contribution is 6.33. The molecule has 5 heteroatoms. The van der Waals surface area contributed by atoms with Crippen molar-refractivity contribution in [3.63, 3.8) is 0 Å². The topological polar surface area (TPSA) is 55.3 Å². The molecule has 0 atom stereocenters. The first-order valence-corrected chi connectivity index (χ1v) is 6.18. The Morgan fingerprint density at radius 1 is 1.29 bits per heavy atom. The first-order chi connectivity index (χ1) is 8.02. The van der Waals surface area contributed by atoms with E-state index in [0.29, 0.717) is 17.9 Å². The Kier molecular flexibility index (Phi) is 4.87. The smallest absolute Gasteiger partial charge is 0.169 e. The largest absolute Gasteiger partial charge is 0.397 e. The van der Waals surface area contributed by atoms with Crippen LogP contribution in [-0.2, 0) is 0 Å². The molecule has 0 aliphatic carbocycles. The second-order valence-electron chi connectivity index (χ2n) is 3.96. The van der Waals surface area contributed by atoms with Gasteiger partial charge in [0.25, 0.3) is 0 Å². The summed E-state index contributed by atoms with van der Waals surface area (Å²) >= 11 is 5.81. The van der Waals surface area contributed by atoms with Crippen LogP contribution in [0.25, 0.3) is 0 Å². The van der Waals surface area contributed by atoms with Gasteiger partial charge in [0.1, 0.15) is 5.02 Å². The van der Waals surface area contributed by atoms with E-state index in [1.807, 2.05) is 11.8 Å². The fourth-order valence-electron chi connectivity index (χ4n) is 1.76. The number of rotatable bonds is 5. The summed E-state index contributed by atoms with van der Waals surface area (Å²) in [6.07, 6.45) is 2.02. The monoisotopic (exact) mass is 259 g/mol. The van der Waals surface area contributed by atoms with Crippen molar-refractivity contribution < 1.29 is 4.39 Å². The highest BCUT2D eigenvalue weighted by Crippen LogP contribution is 2.36. The second-order valence-corrected chi connectivity index (χ2v) is 4.34. The summed E-state index contributed by atoms with van der Waals surface area (Å²) in [6, 6.07) is 1.51. The molecular formula is C12H19ClFN3. The third-order valence-electron chi connectivity index (χ3n) is 2.72. The summed E-state index contributed by atoms with van der Waals surface area (Å²) in [4.78, 5) is 1.89. The van der Waals surface area contributed by atoms with Gasteiger partial charge in [0.2, 0.25) is 0 Å². The van der Waals surface area contributed by atoms with Gasteiger partial charge in [-0.25, -0.2) is 4.39 Å². The van der Waals surface area contributed by atoms with Gasteiger partial charge in [0.05, 0.1) is 17.1 Å². The van der Waals surface area contributed by atoms with E-state index in [9.17, 15) is 4.39 Å². The molecule has 0 bridgehead atoms. The van der Waals surface area contributed by atoms with Gasteiger partial charge in [-0.3, -0.25) is 0 Å². The maximum Gasteiger partial charge on any atom is 0.169 e. The van der Waals surface area contributed by atoms with Crippen LogP contribution in [0.3, 0.4) is 0 Å². The Balaban J connectivity index is 3.14. The lowest BCUT2D eigenvalue weighted by Crippen LogP contribution is -2.26. The molecule has 0 unspecified atom stereocenters. The number of benzene rings is 1. The molecule has 0 saturated carbocycles. The molecule has 0 heterocycles. The number of nitrogens with two attached hydrogens (primary N) is 2. The van der Waals surface area contributed by atoms with E-state index in [1.165, 1.54) is 6.07 Å². The van der Waals surface area contributed by atoms with E-state index < -0.39 is 5.82 Å². The number of halogens is 2. The van der Waals surface area contributed by atoms with E-state index in [-0.39, 0.29) is 10.7 Å². The van der Waals surface area contributed by atoms with Crippen molar-refractivity contribution in [2.45, 2.75) is 26.7 Å². The fourth-order valence-corrected chi connectivity index (χ4v) is 1.90. The van der Waals surface area contributed by atoms with Crippen LogP contribution in [0.4, 0.5) is 21.5 Å². The SMILES string of the molecule is CCCCN(CC)c1c(N)cc(N)c(Cl)c1F. The van der Waals surface area contributed by atoms with Crippen LogP contribution in [0.2, 0.25) is 5.02 Å². The average Bonchev–Trinajstić information content (AvgIpc) is 2.30. The van der Waals surface area contributed by atoms with Crippen molar-refractivity contribution >= 4 is 28.7 Å². The Labute approximate surface area is 107 Å². The number of hydrogen-bond donors (Lipinski definition) is 2. The highest BCUT2D eigenvalue weighted by atomic mass is 35.5. The second kappa shape index (κ2) is 5.96. The van der Waals surface area contributed by atoms with Gasteiger partial charge in [0, 0.05) is 13.1 Å². The molecule has 0 saturated heterocycles. The lowest BCUT2D eigenvalue weighted by Gasteiger charge is -2.25. The number of unbranched alkanes of at least 4 members (excludes halogenated alkanes) is 1. The van der Waals surface area contributed by atoms with Crippen LogP contribution in [-0.4, -0.2) is 13.1 Å².